The molecule has 0 spiro atoms. The number of furan rings is 1. The standard InChI is InChI=1S/C20H29N3O3/c1-4-24-15-13-22-20(21-12-11-18-6-5-14-25-18)23-17-7-9-19(10-8-17)26-16(2)3/h5-10,14,16H,4,11-13,15H2,1-3H3,(H2,21,22,23). The quantitative estimate of drug-likeness (QED) is 0.385. The molecule has 0 atom stereocenters. The van der Waals surface area contributed by atoms with Crippen molar-refractivity contribution in [2.75, 3.05) is 31.6 Å². The minimum Gasteiger partial charge on any atom is -0.491 e. The van der Waals surface area contributed by atoms with Gasteiger partial charge in [0.2, 0.25) is 0 Å². The first-order valence-electron chi connectivity index (χ1n) is 9.09. The fraction of sp³-hybridized carbons (Fsp3) is 0.450. The van der Waals surface area contributed by atoms with Gasteiger partial charge in [-0.05, 0) is 57.2 Å². The third-order valence-electron chi connectivity index (χ3n) is 3.44. The van der Waals surface area contributed by atoms with E-state index >= 15 is 0 Å². The van der Waals surface area contributed by atoms with Crippen LogP contribution in [0.5, 0.6) is 5.75 Å². The lowest BCUT2D eigenvalue weighted by Crippen LogP contribution is -2.32. The maximum atomic E-state index is 5.67. The van der Waals surface area contributed by atoms with Gasteiger partial charge in [-0.2, -0.15) is 0 Å². The summed E-state index contributed by atoms with van der Waals surface area (Å²) in [6.45, 7) is 8.62. The molecule has 0 aliphatic carbocycles. The van der Waals surface area contributed by atoms with Gasteiger partial charge in [0, 0.05) is 25.3 Å². The molecule has 0 fully saturated rings. The number of hydrogen-bond donors (Lipinski definition) is 2. The number of guanidine groups is 1. The Balaban J connectivity index is 1.91. The third kappa shape index (κ3) is 7.61. The smallest absolute Gasteiger partial charge is 0.195 e. The van der Waals surface area contributed by atoms with E-state index in [2.05, 4.69) is 15.6 Å². The number of rotatable bonds is 10. The van der Waals surface area contributed by atoms with Crippen molar-refractivity contribution in [2.45, 2.75) is 33.3 Å². The summed E-state index contributed by atoms with van der Waals surface area (Å²) in [5, 5.41) is 6.64. The number of hydrogen-bond acceptors (Lipinski definition) is 4. The molecule has 0 bridgehead atoms. The molecule has 1 heterocycles. The Labute approximate surface area is 155 Å². The van der Waals surface area contributed by atoms with Crippen LogP contribution in [0.2, 0.25) is 0 Å². The van der Waals surface area contributed by atoms with Gasteiger partial charge < -0.3 is 24.5 Å². The number of benzene rings is 1. The van der Waals surface area contributed by atoms with Crippen LogP contribution in [0.3, 0.4) is 0 Å². The van der Waals surface area contributed by atoms with Crippen LogP contribution in [0, 0.1) is 0 Å². The van der Waals surface area contributed by atoms with Gasteiger partial charge in [0.05, 0.1) is 25.5 Å². The highest BCUT2D eigenvalue weighted by atomic mass is 16.5. The predicted molar refractivity (Wildman–Crippen MR) is 105 cm³/mol. The number of anilines is 1. The lowest BCUT2D eigenvalue weighted by atomic mass is 10.3. The summed E-state index contributed by atoms with van der Waals surface area (Å²) >= 11 is 0. The molecule has 6 nitrogen and oxygen atoms in total. The van der Waals surface area contributed by atoms with Gasteiger partial charge in [-0.1, -0.05) is 0 Å². The molecule has 0 saturated carbocycles. The maximum absolute atomic E-state index is 5.67. The van der Waals surface area contributed by atoms with E-state index in [1.165, 1.54) is 0 Å². The van der Waals surface area contributed by atoms with Gasteiger partial charge in [-0.15, -0.1) is 0 Å². The molecular formula is C20H29N3O3. The van der Waals surface area contributed by atoms with Crippen molar-refractivity contribution in [2.24, 2.45) is 4.99 Å². The van der Waals surface area contributed by atoms with Crippen molar-refractivity contribution < 1.29 is 13.9 Å². The molecule has 0 unspecified atom stereocenters. The van der Waals surface area contributed by atoms with Crippen molar-refractivity contribution in [3.8, 4) is 5.75 Å². The predicted octanol–water partition coefficient (Wildman–Crippen LogP) is 3.70. The molecule has 2 rings (SSSR count). The summed E-state index contributed by atoms with van der Waals surface area (Å²) in [6, 6.07) is 11.7. The summed E-state index contributed by atoms with van der Waals surface area (Å²) in [7, 11) is 0. The SMILES string of the molecule is CCOCCN=C(NCCc1ccco1)Nc1ccc(OC(C)C)cc1. The van der Waals surface area contributed by atoms with Gasteiger partial charge >= 0.3 is 0 Å². The molecule has 2 aromatic rings. The van der Waals surface area contributed by atoms with E-state index in [0.29, 0.717) is 25.7 Å². The molecule has 0 radical (unpaired) electrons. The number of ether oxygens (including phenoxy) is 2. The monoisotopic (exact) mass is 359 g/mol. The van der Waals surface area contributed by atoms with Gasteiger partial charge in [-0.3, -0.25) is 4.99 Å². The van der Waals surface area contributed by atoms with E-state index in [4.69, 9.17) is 13.9 Å². The van der Waals surface area contributed by atoms with Gasteiger partial charge in [0.25, 0.3) is 0 Å². The van der Waals surface area contributed by atoms with Crippen LogP contribution >= 0.6 is 0 Å². The Kier molecular flexibility index (Phi) is 8.55. The van der Waals surface area contributed by atoms with Crippen LogP contribution < -0.4 is 15.4 Å². The van der Waals surface area contributed by atoms with E-state index in [0.717, 1.165) is 30.2 Å². The van der Waals surface area contributed by atoms with Crippen molar-refractivity contribution >= 4 is 11.6 Å². The fourth-order valence-electron chi connectivity index (χ4n) is 2.29. The minimum atomic E-state index is 0.160. The van der Waals surface area contributed by atoms with Crippen molar-refractivity contribution in [1.29, 1.82) is 0 Å². The molecule has 142 valence electrons. The van der Waals surface area contributed by atoms with Crippen LogP contribution in [-0.4, -0.2) is 38.4 Å². The second kappa shape index (κ2) is 11.2. The summed E-state index contributed by atoms with van der Waals surface area (Å²) in [4.78, 5) is 4.55. The Bertz CT molecular complexity index is 637. The van der Waals surface area contributed by atoms with Gasteiger partial charge in [-0.25, -0.2) is 0 Å². The molecular weight excluding hydrogens is 330 g/mol. The lowest BCUT2D eigenvalue weighted by Gasteiger charge is -2.14. The number of nitrogens with one attached hydrogen (secondary N) is 2. The topological polar surface area (TPSA) is 68.0 Å². The number of nitrogens with zero attached hydrogens (tertiary/aromatic N) is 1. The van der Waals surface area contributed by atoms with E-state index in [-0.39, 0.29) is 6.10 Å². The zero-order chi connectivity index (χ0) is 18.6. The first-order chi connectivity index (χ1) is 12.7. The summed E-state index contributed by atoms with van der Waals surface area (Å²) < 4.78 is 16.4. The Morgan fingerprint density at radius 2 is 2.00 bits per heavy atom. The molecule has 1 aromatic carbocycles. The average molecular weight is 359 g/mol. The molecule has 6 heteroatoms. The fourth-order valence-corrected chi connectivity index (χ4v) is 2.29. The van der Waals surface area contributed by atoms with Crippen molar-refractivity contribution in [3.05, 3.63) is 48.4 Å². The first kappa shape index (κ1) is 19.8. The van der Waals surface area contributed by atoms with E-state index in [1.807, 2.05) is 57.2 Å². The van der Waals surface area contributed by atoms with Crippen LogP contribution in [0.4, 0.5) is 5.69 Å². The summed E-state index contributed by atoms with van der Waals surface area (Å²) in [6.07, 6.45) is 2.64. The highest BCUT2D eigenvalue weighted by Crippen LogP contribution is 2.16. The van der Waals surface area contributed by atoms with E-state index in [1.54, 1.807) is 6.26 Å². The van der Waals surface area contributed by atoms with Crippen LogP contribution in [-0.2, 0) is 11.2 Å². The minimum absolute atomic E-state index is 0.160. The molecule has 1 aromatic heterocycles. The molecule has 0 aliphatic rings. The average Bonchev–Trinajstić information content (AvgIpc) is 3.13. The van der Waals surface area contributed by atoms with Crippen molar-refractivity contribution in [3.63, 3.8) is 0 Å². The van der Waals surface area contributed by atoms with Crippen LogP contribution in [0.15, 0.2) is 52.1 Å². The van der Waals surface area contributed by atoms with Crippen molar-refractivity contribution in [1.82, 2.24) is 5.32 Å². The molecule has 0 saturated heterocycles. The molecule has 0 amide bonds. The Morgan fingerprint density at radius 1 is 1.19 bits per heavy atom. The van der Waals surface area contributed by atoms with E-state index < -0.39 is 0 Å². The largest absolute Gasteiger partial charge is 0.491 e. The lowest BCUT2D eigenvalue weighted by molar-refractivity contribution is 0.156. The van der Waals surface area contributed by atoms with Gasteiger partial charge in [0.15, 0.2) is 5.96 Å². The maximum Gasteiger partial charge on any atom is 0.195 e. The molecule has 0 aliphatic heterocycles. The highest BCUT2D eigenvalue weighted by molar-refractivity contribution is 5.93. The normalized spacial score (nSPS) is 11.6. The van der Waals surface area contributed by atoms with Crippen LogP contribution in [0.25, 0.3) is 0 Å². The Hall–Kier alpha value is -2.47. The number of aliphatic imine (C=N–C) groups is 1. The van der Waals surface area contributed by atoms with Gasteiger partial charge in [0.1, 0.15) is 11.5 Å². The first-order valence-corrected chi connectivity index (χ1v) is 9.09. The second-order valence-electron chi connectivity index (χ2n) is 6.00. The van der Waals surface area contributed by atoms with Crippen LogP contribution in [0.1, 0.15) is 26.5 Å². The Morgan fingerprint density at radius 3 is 2.65 bits per heavy atom. The van der Waals surface area contributed by atoms with E-state index in [9.17, 15) is 0 Å². The highest BCUT2D eigenvalue weighted by Gasteiger charge is 2.03. The molecule has 26 heavy (non-hydrogen) atoms. The zero-order valence-corrected chi connectivity index (χ0v) is 15.8. The second-order valence-corrected chi connectivity index (χ2v) is 6.00. The summed E-state index contributed by atoms with van der Waals surface area (Å²) in [5.41, 5.74) is 0.946. The summed E-state index contributed by atoms with van der Waals surface area (Å²) in [5.74, 6) is 2.52. The molecule has 2 N–H and O–H groups in total. The third-order valence-corrected chi connectivity index (χ3v) is 3.44. The zero-order valence-electron chi connectivity index (χ0n) is 15.8.